The summed E-state index contributed by atoms with van der Waals surface area (Å²) in [6, 6.07) is 3.91. The predicted molar refractivity (Wildman–Crippen MR) is 55.1 cm³/mol. The molecule has 16 heavy (non-hydrogen) atoms. The average molecular weight is 254 g/mol. The lowest BCUT2D eigenvalue weighted by Gasteiger charge is -2.19. The second-order valence-electron chi connectivity index (χ2n) is 3.45. The maximum atomic E-state index is 12.1. The third-order valence-corrected chi connectivity index (χ3v) is 2.40. The molecule has 0 saturated carbocycles. The minimum Gasteiger partial charge on any atom is -0.388 e. The van der Waals surface area contributed by atoms with Crippen LogP contribution in [-0.4, -0.2) is 17.3 Å². The number of nitrogens with two attached hydrogens (primary N) is 1. The van der Waals surface area contributed by atoms with Crippen molar-refractivity contribution in [3.05, 3.63) is 34.9 Å². The van der Waals surface area contributed by atoms with Crippen molar-refractivity contribution in [2.45, 2.75) is 24.7 Å². The van der Waals surface area contributed by atoms with E-state index in [9.17, 15) is 18.3 Å². The second-order valence-corrected chi connectivity index (χ2v) is 3.89. The average Bonchev–Trinajstić information content (AvgIpc) is 2.17. The van der Waals surface area contributed by atoms with Gasteiger partial charge in [-0.25, -0.2) is 0 Å². The summed E-state index contributed by atoms with van der Waals surface area (Å²) in [4.78, 5) is 0. The van der Waals surface area contributed by atoms with E-state index in [1.54, 1.807) is 0 Å². The van der Waals surface area contributed by atoms with Crippen LogP contribution in [0.2, 0.25) is 5.02 Å². The summed E-state index contributed by atoms with van der Waals surface area (Å²) in [6.45, 7) is 0. The van der Waals surface area contributed by atoms with Gasteiger partial charge in [0.2, 0.25) is 0 Å². The molecule has 1 rings (SSSR count). The number of benzene rings is 1. The van der Waals surface area contributed by atoms with Crippen molar-refractivity contribution in [1.29, 1.82) is 0 Å². The van der Waals surface area contributed by atoms with Gasteiger partial charge in [0.25, 0.3) is 0 Å². The van der Waals surface area contributed by atoms with Crippen LogP contribution in [0.25, 0.3) is 0 Å². The van der Waals surface area contributed by atoms with Gasteiger partial charge in [-0.3, -0.25) is 0 Å². The molecule has 0 heterocycles. The van der Waals surface area contributed by atoms with E-state index in [-0.39, 0.29) is 0 Å². The van der Waals surface area contributed by atoms with Gasteiger partial charge in [0, 0.05) is 11.4 Å². The van der Waals surface area contributed by atoms with Crippen LogP contribution < -0.4 is 5.73 Å². The molecule has 1 aromatic rings. The van der Waals surface area contributed by atoms with Gasteiger partial charge in [-0.15, -0.1) is 0 Å². The van der Waals surface area contributed by atoms with E-state index in [1.807, 2.05) is 0 Å². The van der Waals surface area contributed by atoms with Crippen LogP contribution >= 0.6 is 11.6 Å². The fraction of sp³-hybridized carbons (Fsp3) is 0.400. The van der Waals surface area contributed by atoms with Gasteiger partial charge < -0.3 is 10.8 Å². The molecule has 0 fully saturated rings. The number of hydrogen-bond donors (Lipinski definition) is 2. The molecule has 3 N–H and O–H groups in total. The normalized spacial score (nSPS) is 15.9. The third-order valence-electron chi connectivity index (χ3n) is 2.15. The molecule has 0 aliphatic heterocycles. The first kappa shape index (κ1) is 13.3. The summed E-state index contributed by atoms with van der Waals surface area (Å²) >= 11 is 5.61. The lowest BCUT2D eigenvalue weighted by atomic mass is 10.0. The zero-order valence-corrected chi connectivity index (χ0v) is 8.96. The van der Waals surface area contributed by atoms with Gasteiger partial charge in [-0.1, -0.05) is 23.7 Å². The number of hydrogen-bond acceptors (Lipinski definition) is 2. The van der Waals surface area contributed by atoms with Crippen molar-refractivity contribution < 1.29 is 18.3 Å². The van der Waals surface area contributed by atoms with E-state index in [0.29, 0.717) is 10.6 Å². The van der Waals surface area contributed by atoms with Crippen LogP contribution in [0.15, 0.2) is 24.3 Å². The van der Waals surface area contributed by atoms with Gasteiger partial charge in [0.1, 0.15) is 6.04 Å². The first-order valence-corrected chi connectivity index (χ1v) is 4.94. The lowest BCUT2D eigenvalue weighted by Crippen LogP contribution is -2.38. The maximum absolute atomic E-state index is 12.1. The zero-order valence-electron chi connectivity index (χ0n) is 8.21. The molecule has 0 aliphatic rings. The summed E-state index contributed by atoms with van der Waals surface area (Å²) < 4.78 is 36.4. The van der Waals surface area contributed by atoms with Crippen LogP contribution in [-0.2, 0) is 0 Å². The van der Waals surface area contributed by atoms with Gasteiger partial charge in [-0.05, 0) is 17.7 Å². The minimum atomic E-state index is -4.49. The topological polar surface area (TPSA) is 46.2 Å². The molecule has 0 aliphatic carbocycles. The molecule has 2 nitrogen and oxygen atoms in total. The highest BCUT2D eigenvalue weighted by molar-refractivity contribution is 6.30. The molecule has 0 amide bonds. The van der Waals surface area contributed by atoms with Crippen LogP contribution in [0.5, 0.6) is 0 Å². The monoisotopic (exact) mass is 253 g/mol. The van der Waals surface area contributed by atoms with E-state index < -0.39 is 24.7 Å². The Hall–Kier alpha value is -0.780. The van der Waals surface area contributed by atoms with E-state index in [0.717, 1.165) is 0 Å². The molecule has 0 radical (unpaired) electrons. The number of aliphatic hydroxyl groups is 1. The van der Waals surface area contributed by atoms with Gasteiger partial charge in [-0.2, -0.15) is 13.2 Å². The Morgan fingerprint density at radius 2 is 1.75 bits per heavy atom. The van der Waals surface area contributed by atoms with Gasteiger partial charge in [0.05, 0.1) is 6.10 Å². The molecule has 90 valence electrons. The van der Waals surface area contributed by atoms with E-state index >= 15 is 0 Å². The van der Waals surface area contributed by atoms with Crippen molar-refractivity contribution in [2.75, 3.05) is 0 Å². The van der Waals surface area contributed by atoms with Crippen molar-refractivity contribution in [3.63, 3.8) is 0 Å². The Labute approximate surface area is 95.8 Å². The minimum absolute atomic E-state index is 0.365. The molecule has 1 aromatic carbocycles. The van der Waals surface area contributed by atoms with Crippen LogP contribution in [0, 0.1) is 0 Å². The highest BCUT2D eigenvalue weighted by Gasteiger charge is 2.37. The Kier molecular flexibility index (Phi) is 4.18. The molecule has 2 atom stereocenters. The fourth-order valence-electron chi connectivity index (χ4n) is 1.20. The Morgan fingerprint density at radius 1 is 1.25 bits per heavy atom. The smallest absolute Gasteiger partial charge is 0.388 e. The van der Waals surface area contributed by atoms with E-state index in [2.05, 4.69) is 0 Å². The van der Waals surface area contributed by atoms with Crippen LogP contribution in [0.3, 0.4) is 0 Å². The quantitative estimate of drug-likeness (QED) is 0.870. The molecule has 0 spiro atoms. The summed E-state index contributed by atoms with van der Waals surface area (Å²) in [5.74, 6) is 0. The summed E-state index contributed by atoms with van der Waals surface area (Å²) in [6.07, 6.45) is -6.30. The third kappa shape index (κ3) is 3.66. The number of halogens is 4. The predicted octanol–water partition coefficient (Wildman–Crippen LogP) is 2.65. The first-order chi connectivity index (χ1) is 7.30. The standard InChI is InChI=1S/C10H11ClF3NO/c11-7-3-1-6(2-4-7)8(16)5-9(15)10(12,13)14/h1-4,8-9,16H,5,15H2/t8-,9-/m1/s1. The number of aliphatic hydroxyl groups excluding tert-OH is 1. The molecule has 0 saturated heterocycles. The molecular formula is C10H11ClF3NO. The molecule has 0 aromatic heterocycles. The van der Waals surface area contributed by atoms with E-state index in [1.165, 1.54) is 24.3 Å². The maximum Gasteiger partial charge on any atom is 0.403 e. The Bertz CT molecular complexity index is 339. The van der Waals surface area contributed by atoms with Crippen molar-refractivity contribution in [1.82, 2.24) is 0 Å². The molecule has 0 unspecified atom stereocenters. The van der Waals surface area contributed by atoms with Crippen molar-refractivity contribution in [2.24, 2.45) is 5.73 Å². The highest BCUT2D eigenvalue weighted by atomic mass is 35.5. The van der Waals surface area contributed by atoms with Crippen LogP contribution in [0.4, 0.5) is 13.2 Å². The second kappa shape index (κ2) is 5.03. The highest BCUT2D eigenvalue weighted by Crippen LogP contribution is 2.27. The molecular weight excluding hydrogens is 243 g/mol. The molecule has 6 heteroatoms. The lowest BCUT2D eigenvalue weighted by molar-refractivity contribution is -0.153. The Balaban J connectivity index is 2.65. The Morgan fingerprint density at radius 3 is 2.19 bits per heavy atom. The molecule has 0 bridgehead atoms. The number of rotatable bonds is 3. The SMILES string of the molecule is N[C@H](C[C@@H](O)c1ccc(Cl)cc1)C(F)(F)F. The number of alkyl halides is 3. The summed E-state index contributed by atoms with van der Waals surface area (Å²) in [5, 5.41) is 9.98. The summed E-state index contributed by atoms with van der Waals surface area (Å²) in [5.41, 5.74) is 5.27. The van der Waals surface area contributed by atoms with E-state index in [4.69, 9.17) is 17.3 Å². The van der Waals surface area contributed by atoms with Crippen LogP contribution in [0.1, 0.15) is 18.1 Å². The van der Waals surface area contributed by atoms with Gasteiger partial charge >= 0.3 is 6.18 Å². The van der Waals surface area contributed by atoms with Crippen molar-refractivity contribution >= 4 is 11.6 Å². The fourth-order valence-corrected chi connectivity index (χ4v) is 1.32. The summed E-state index contributed by atoms with van der Waals surface area (Å²) in [7, 11) is 0. The first-order valence-electron chi connectivity index (χ1n) is 4.56. The largest absolute Gasteiger partial charge is 0.403 e. The van der Waals surface area contributed by atoms with Gasteiger partial charge in [0.15, 0.2) is 0 Å². The zero-order chi connectivity index (χ0) is 12.3. The van der Waals surface area contributed by atoms with Crippen molar-refractivity contribution in [3.8, 4) is 0 Å².